The molecule has 0 aliphatic rings. The summed E-state index contributed by atoms with van der Waals surface area (Å²) in [7, 11) is 0. The van der Waals surface area contributed by atoms with Crippen LogP contribution in [0.25, 0.3) is 0 Å². The Balaban J connectivity index is 2.04. The molecule has 170 valence electrons. The van der Waals surface area contributed by atoms with Crippen molar-refractivity contribution in [1.82, 2.24) is 4.90 Å². The van der Waals surface area contributed by atoms with Gasteiger partial charge in [-0.25, -0.2) is 0 Å². The van der Waals surface area contributed by atoms with Crippen molar-refractivity contribution in [2.75, 3.05) is 26.2 Å². The second-order valence-corrected chi connectivity index (χ2v) is 8.36. The molecule has 0 aliphatic heterocycles. The van der Waals surface area contributed by atoms with Gasteiger partial charge in [0, 0.05) is 25.4 Å². The van der Waals surface area contributed by atoms with Crippen LogP contribution in [0, 0.1) is 0 Å². The van der Waals surface area contributed by atoms with Gasteiger partial charge in [-0.05, 0) is 49.9 Å². The molecule has 2 rings (SSSR count). The molecule has 0 atom stereocenters. The summed E-state index contributed by atoms with van der Waals surface area (Å²) in [4.78, 5) is 15.5. The number of carbonyl (C=O) groups is 1. The van der Waals surface area contributed by atoms with E-state index in [1.165, 1.54) is 11.1 Å². The van der Waals surface area contributed by atoms with Crippen LogP contribution < -0.4 is 11.5 Å². The average molecular weight is 424 g/mol. The molecular weight excluding hydrogens is 382 g/mol. The number of unbranched alkanes of at least 4 members (excludes halogenated alkanes) is 6. The maximum absolute atomic E-state index is 13.4. The van der Waals surface area contributed by atoms with E-state index in [9.17, 15) is 4.79 Å². The molecule has 0 spiro atoms. The zero-order valence-electron chi connectivity index (χ0n) is 19.1. The first-order valence-electron chi connectivity index (χ1n) is 12.0. The highest BCUT2D eigenvalue weighted by atomic mass is 16.2. The van der Waals surface area contributed by atoms with Crippen LogP contribution in [0.2, 0.25) is 0 Å². The summed E-state index contributed by atoms with van der Waals surface area (Å²) < 4.78 is 0. The van der Waals surface area contributed by atoms with E-state index in [0.717, 1.165) is 77.5 Å². The van der Waals surface area contributed by atoms with Crippen LogP contribution in [0.1, 0.15) is 74.8 Å². The Morgan fingerprint density at radius 2 is 1.06 bits per heavy atom. The molecule has 0 aliphatic carbocycles. The average Bonchev–Trinajstić information content (AvgIpc) is 2.82. The second kappa shape index (κ2) is 15.6. The van der Waals surface area contributed by atoms with Gasteiger partial charge >= 0.3 is 0 Å². The fourth-order valence-electron chi connectivity index (χ4n) is 4.06. The highest BCUT2D eigenvalue weighted by molar-refractivity contribution is 5.77. The molecule has 2 aromatic rings. The molecule has 31 heavy (non-hydrogen) atoms. The minimum absolute atomic E-state index is 0.0897. The number of nitrogens with two attached hydrogens (primary N) is 2. The summed E-state index contributed by atoms with van der Waals surface area (Å²) in [6, 6.07) is 20.8. The van der Waals surface area contributed by atoms with E-state index in [0.29, 0.717) is 6.42 Å². The number of hydrogen-bond acceptors (Lipinski definition) is 3. The van der Waals surface area contributed by atoms with Gasteiger partial charge in [-0.2, -0.15) is 0 Å². The standard InChI is InChI=1S/C27H41N3O/c28-19-11-1-3-13-21-30(22-14-4-2-12-20-29)27(31)23-26(24-15-7-5-8-16-24)25-17-9-6-10-18-25/h5-10,15-18,26H,1-4,11-14,19-23,28-29H2. The van der Waals surface area contributed by atoms with Crippen molar-refractivity contribution in [3.8, 4) is 0 Å². The van der Waals surface area contributed by atoms with Gasteiger partial charge in [0.1, 0.15) is 0 Å². The van der Waals surface area contributed by atoms with Crippen molar-refractivity contribution in [3.63, 3.8) is 0 Å². The van der Waals surface area contributed by atoms with Gasteiger partial charge in [-0.15, -0.1) is 0 Å². The number of hydrogen-bond donors (Lipinski definition) is 2. The van der Waals surface area contributed by atoms with Crippen LogP contribution in [0.15, 0.2) is 60.7 Å². The lowest BCUT2D eigenvalue weighted by Crippen LogP contribution is -2.34. The Bertz CT molecular complexity index is 651. The summed E-state index contributed by atoms with van der Waals surface area (Å²) in [6.07, 6.45) is 9.31. The molecule has 0 unspecified atom stereocenters. The summed E-state index contributed by atoms with van der Waals surface area (Å²) in [5.74, 6) is 0.349. The SMILES string of the molecule is NCCCCCCN(CCCCCCN)C(=O)CC(c1ccccc1)c1ccccc1. The topological polar surface area (TPSA) is 72.3 Å². The third kappa shape index (κ3) is 9.67. The molecule has 0 aromatic heterocycles. The smallest absolute Gasteiger partial charge is 0.223 e. The van der Waals surface area contributed by atoms with Gasteiger partial charge in [-0.1, -0.05) is 86.3 Å². The molecule has 0 radical (unpaired) electrons. The van der Waals surface area contributed by atoms with Crippen molar-refractivity contribution in [3.05, 3.63) is 71.8 Å². The van der Waals surface area contributed by atoms with Crippen molar-refractivity contribution in [1.29, 1.82) is 0 Å². The fraction of sp³-hybridized carbons (Fsp3) is 0.519. The molecule has 4 heteroatoms. The molecule has 4 nitrogen and oxygen atoms in total. The predicted octanol–water partition coefficient (Wildman–Crippen LogP) is 5.08. The Labute approximate surface area is 189 Å². The van der Waals surface area contributed by atoms with Crippen LogP contribution >= 0.6 is 0 Å². The largest absolute Gasteiger partial charge is 0.343 e. The number of amides is 1. The highest BCUT2D eigenvalue weighted by Gasteiger charge is 2.21. The number of nitrogens with zero attached hydrogens (tertiary/aromatic N) is 1. The van der Waals surface area contributed by atoms with Crippen molar-refractivity contribution in [2.24, 2.45) is 11.5 Å². The minimum Gasteiger partial charge on any atom is -0.343 e. The molecule has 0 bridgehead atoms. The van der Waals surface area contributed by atoms with Crippen molar-refractivity contribution < 1.29 is 4.79 Å². The lowest BCUT2D eigenvalue weighted by atomic mass is 9.88. The Hall–Kier alpha value is -2.17. The Kier molecular flexibility index (Phi) is 12.6. The molecule has 2 aromatic carbocycles. The summed E-state index contributed by atoms with van der Waals surface area (Å²) in [5.41, 5.74) is 13.6. The maximum atomic E-state index is 13.4. The zero-order valence-corrected chi connectivity index (χ0v) is 19.1. The fourth-order valence-corrected chi connectivity index (χ4v) is 4.06. The third-order valence-electron chi connectivity index (χ3n) is 5.90. The van der Waals surface area contributed by atoms with E-state index in [2.05, 4.69) is 53.4 Å². The van der Waals surface area contributed by atoms with E-state index in [-0.39, 0.29) is 11.8 Å². The highest BCUT2D eigenvalue weighted by Crippen LogP contribution is 2.28. The third-order valence-corrected chi connectivity index (χ3v) is 5.90. The summed E-state index contributed by atoms with van der Waals surface area (Å²) >= 11 is 0. The second-order valence-electron chi connectivity index (χ2n) is 8.36. The number of rotatable bonds is 16. The minimum atomic E-state index is 0.0897. The van der Waals surface area contributed by atoms with Crippen LogP contribution in [0.3, 0.4) is 0 Å². The van der Waals surface area contributed by atoms with E-state index in [1.54, 1.807) is 0 Å². The lowest BCUT2D eigenvalue weighted by Gasteiger charge is -2.26. The van der Waals surface area contributed by atoms with Gasteiger partial charge in [0.2, 0.25) is 5.91 Å². The van der Waals surface area contributed by atoms with Gasteiger partial charge in [-0.3, -0.25) is 4.79 Å². The predicted molar refractivity (Wildman–Crippen MR) is 131 cm³/mol. The first-order valence-corrected chi connectivity index (χ1v) is 12.0. The molecule has 0 saturated heterocycles. The first-order chi connectivity index (χ1) is 15.3. The lowest BCUT2D eigenvalue weighted by molar-refractivity contribution is -0.131. The van der Waals surface area contributed by atoms with Crippen LogP contribution in [-0.4, -0.2) is 37.0 Å². The Morgan fingerprint density at radius 3 is 1.48 bits per heavy atom. The van der Waals surface area contributed by atoms with Crippen molar-refractivity contribution >= 4 is 5.91 Å². The van der Waals surface area contributed by atoms with E-state index >= 15 is 0 Å². The summed E-state index contributed by atoms with van der Waals surface area (Å²) in [6.45, 7) is 3.19. The Morgan fingerprint density at radius 1 is 0.645 bits per heavy atom. The van der Waals surface area contributed by atoms with Crippen LogP contribution in [-0.2, 0) is 4.79 Å². The van der Waals surface area contributed by atoms with E-state index in [1.807, 2.05) is 12.1 Å². The molecule has 1 amide bonds. The molecular formula is C27H41N3O. The molecule has 0 fully saturated rings. The molecule has 4 N–H and O–H groups in total. The van der Waals surface area contributed by atoms with Crippen LogP contribution in [0.5, 0.6) is 0 Å². The van der Waals surface area contributed by atoms with Crippen LogP contribution in [0.4, 0.5) is 0 Å². The van der Waals surface area contributed by atoms with Gasteiger partial charge in [0.25, 0.3) is 0 Å². The zero-order chi connectivity index (χ0) is 22.2. The quantitative estimate of drug-likeness (QED) is 0.370. The van der Waals surface area contributed by atoms with Gasteiger partial charge in [0.15, 0.2) is 0 Å². The molecule has 0 saturated carbocycles. The van der Waals surface area contributed by atoms with E-state index in [4.69, 9.17) is 11.5 Å². The van der Waals surface area contributed by atoms with Gasteiger partial charge in [0.05, 0.1) is 0 Å². The maximum Gasteiger partial charge on any atom is 0.223 e. The first kappa shape index (κ1) is 25.1. The van der Waals surface area contributed by atoms with Gasteiger partial charge < -0.3 is 16.4 Å². The number of carbonyl (C=O) groups excluding carboxylic acids is 1. The summed E-state index contributed by atoms with van der Waals surface area (Å²) in [5, 5.41) is 0. The van der Waals surface area contributed by atoms with E-state index < -0.39 is 0 Å². The number of benzene rings is 2. The molecule has 0 heterocycles. The van der Waals surface area contributed by atoms with Crippen molar-refractivity contribution in [2.45, 2.75) is 63.7 Å². The monoisotopic (exact) mass is 423 g/mol. The normalized spacial score (nSPS) is 11.1.